The number of amides is 1. The van der Waals surface area contributed by atoms with E-state index in [0.29, 0.717) is 11.6 Å². The zero-order valence-electron chi connectivity index (χ0n) is 14.0. The van der Waals surface area contributed by atoms with Crippen molar-refractivity contribution in [2.24, 2.45) is 0 Å². The highest BCUT2D eigenvalue weighted by atomic mass is 35.5. The summed E-state index contributed by atoms with van der Waals surface area (Å²) in [5.41, 5.74) is 2.51. The van der Waals surface area contributed by atoms with Gasteiger partial charge in [-0.25, -0.2) is 9.37 Å². The molecule has 0 radical (unpaired) electrons. The summed E-state index contributed by atoms with van der Waals surface area (Å²) in [6.45, 7) is 2.30. The summed E-state index contributed by atoms with van der Waals surface area (Å²) in [4.78, 5) is 17.5. The Hall–Kier alpha value is -2.50. The number of benzene rings is 2. The zero-order chi connectivity index (χ0) is 18.5. The summed E-state index contributed by atoms with van der Waals surface area (Å²) in [5.74, 6) is -0.525. The first-order valence-electron chi connectivity index (χ1n) is 7.95. The van der Waals surface area contributed by atoms with E-state index in [0.717, 1.165) is 26.7 Å². The summed E-state index contributed by atoms with van der Waals surface area (Å²) in [6, 6.07) is 13.5. The second kappa shape index (κ2) is 8.25. The Labute approximate surface area is 160 Å². The number of nitrogens with zero attached hydrogens (tertiary/aromatic N) is 1. The maximum Gasteiger partial charge on any atom is 0.244 e. The Kier molecular flexibility index (Phi) is 5.81. The summed E-state index contributed by atoms with van der Waals surface area (Å²) in [6.07, 6.45) is 3.07. The van der Waals surface area contributed by atoms with E-state index in [1.807, 2.05) is 31.2 Å². The highest BCUT2D eigenvalue weighted by Crippen LogP contribution is 2.32. The van der Waals surface area contributed by atoms with E-state index in [-0.39, 0.29) is 11.7 Å². The van der Waals surface area contributed by atoms with Crippen LogP contribution in [0.15, 0.2) is 54.6 Å². The van der Waals surface area contributed by atoms with Crippen molar-refractivity contribution in [3.63, 3.8) is 0 Å². The molecular weight excluding hydrogens is 371 g/mol. The van der Waals surface area contributed by atoms with E-state index >= 15 is 0 Å². The highest BCUT2D eigenvalue weighted by Gasteiger charge is 2.12. The maximum atomic E-state index is 12.9. The molecule has 1 heterocycles. The Morgan fingerprint density at radius 1 is 1.23 bits per heavy atom. The Morgan fingerprint density at radius 3 is 2.69 bits per heavy atom. The van der Waals surface area contributed by atoms with E-state index in [1.165, 1.54) is 29.5 Å². The van der Waals surface area contributed by atoms with E-state index in [9.17, 15) is 9.18 Å². The lowest BCUT2D eigenvalue weighted by atomic mass is 10.2. The summed E-state index contributed by atoms with van der Waals surface area (Å²) in [5, 5.41) is 4.32. The van der Waals surface area contributed by atoms with Gasteiger partial charge in [-0.3, -0.25) is 4.79 Å². The number of rotatable bonds is 5. The molecule has 0 aliphatic heterocycles. The number of hydrogen-bond donors (Lipinski definition) is 1. The molecule has 0 saturated carbocycles. The van der Waals surface area contributed by atoms with Crippen LogP contribution in [0.2, 0.25) is 5.02 Å². The van der Waals surface area contributed by atoms with Crippen molar-refractivity contribution in [2.75, 3.05) is 0 Å². The van der Waals surface area contributed by atoms with Gasteiger partial charge in [-0.2, -0.15) is 0 Å². The van der Waals surface area contributed by atoms with Crippen molar-refractivity contribution < 1.29 is 9.18 Å². The summed E-state index contributed by atoms with van der Waals surface area (Å²) in [7, 11) is 0. The van der Waals surface area contributed by atoms with Gasteiger partial charge < -0.3 is 5.32 Å². The van der Waals surface area contributed by atoms with Crippen LogP contribution in [-0.2, 0) is 11.3 Å². The average molecular weight is 387 g/mol. The third-order valence-corrected chi connectivity index (χ3v) is 5.24. The van der Waals surface area contributed by atoms with E-state index in [4.69, 9.17) is 11.6 Å². The van der Waals surface area contributed by atoms with Crippen LogP contribution in [0.5, 0.6) is 0 Å². The van der Waals surface area contributed by atoms with Crippen LogP contribution in [0, 0.1) is 12.7 Å². The van der Waals surface area contributed by atoms with Gasteiger partial charge in [0, 0.05) is 16.5 Å². The van der Waals surface area contributed by atoms with Gasteiger partial charge in [-0.05, 0) is 36.8 Å². The van der Waals surface area contributed by atoms with Gasteiger partial charge in [0.15, 0.2) is 0 Å². The van der Waals surface area contributed by atoms with Crippen LogP contribution in [0.25, 0.3) is 16.6 Å². The minimum absolute atomic E-state index is 0.221. The number of carbonyl (C=O) groups is 1. The first-order valence-corrected chi connectivity index (χ1v) is 9.15. The molecule has 0 saturated heterocycles. The van der Waals surface area contributed by atoms with Crippen LogP contribution in [-0.4, -0.2) is 10.9 Å². The minimum Gasteiger partial charge on any atom is -0.348 e. The fourth-order valence-corrected chi connectivity index (χ4v) is 3.64. The fraction of sp³-hybridized carbons (Fsp3) is 0.100. The first-order chi connectivity index (χ1) is 12.5. The van der Waals surface area contributed by atoms with Crippen LogP contribution >= 0.6 is 22.9 Å². The number of aromatic nitrogens is 1. The molecule has 1 amide bonds. The number of halogens is 2. The fourth-order valence-electron chi connectivity index (χ4n) is 2.31. The van der Waals surface area contributed by atoms with Gasteiger partial charge in [0.05, 0.1) is 17.3 Å². The molecular formula is C20H16ClFN2OS. The standard InChI is InChI=1S/C20H16ClFN2OS/c1-13-18(26-20(24-13)16-4-2-3-5-17(16)21)12-23-19(25)11-8-14-6-9-15(22)10-7-14/h2-11H,12H2,1H3,(H,23,25)/b11-8+. The first kappa shape index (κ1) is 18.3. The van der Waals surface area contributed by atoms with E-state index < -0.39 is 0 Å². The summed E-state index contributed by atoms with van der Waals surface area (Å²) < 4.78 is 12.9. The van der Waals surface area contributed by atoms with Crippen molar-refractivity contribution in [3.05, 3.63) is 81.6 Å². The molecule has 0 aliphatic rings. The second-order valence-corrected chi connectivity index (χ2v) is 7.10. The molecule has 0 bridgehead atoms. The van der Waals surface area contributed by atoms with E-state index in [1.54, 1.807) is 18.2 Å². The van der Waals surface area contributed by atoms with Gasteiger partial charge in [0.1, 0.15) is 10.8 Å². The second-order valence-electron chi connectivity index (χ2n) is 5.61. The largest absolute Gasteiger partial charge is 0.348 e. The van der Waals surface area contributed by atoms with Gasteiger partial charge in [-0.1, -0.05) is 41.9 Å². The molecule has 0 unspecified atom stereocenters. The molecule has 0 spiro atoms. The molecule has 0 fully saturated rings. The van der Waals surface area contributed by atoms with Crippen LogP contribution in [0.4, 0.5) is 4.39 Å². The van der Waals surface area contributed by atoms with Crippen molar-refractivity contribution in [1.82, 2.24) is 10.3 Å². The predicted molar refractivity (Wildman–Crippen MR) is 105 cm³/mol. The molecule has 132 valence electrons. The molecule has 3 rings (SSSR count). The van der Waals surface area contributed by atoms with Crippen LogP contribution < -0.4 is 5.32 Å². The molecule has 0 aliphatic carbocycles. The van der Waals surface area contributed by atoms with Crippen LogP contribution in [0.3, 0.4) is 0 Å². The lowest BCUT2D eigenvalue weighted by Crippen LogP contribution is -2.20. The monoisotopic (exact) mass is 386 g/mol. The molecule has 2 aromatic carbocycles. The number of nitrogens with one attached hydrogen (secondary N) is 1. The van der Waals surface area contributed by atoms with Gasteiger partial charge >= 0.3 is 0 Å². The van der Waals surface area contributed by atoms with Crippen LogP contribution in [0.1, 0.15) is 16.1 Å². The van der Waals surface area contributed by atoms with Crippen molar-refractivity contribution >= 4 is 34.9 Å². The van der Waals surface area contributed by atoms with Crippen molar-refractivity contribution in [3.8, 4) is 10.6 Å². The normalized spacial score (nSPS) is 11.0. The Bertz CT molecular complexity index is 951. The zero-order valence-corrected chi connectivity index (χ0v) is 15.6. The quantitative estimate of drug-likeness (QED) is 0.609. The molecule has 6 heteroatoms. The van der Waals surface area contributed by atoms with Gasteiger partial charge in [0.25, 0.3) is 0 Å². The molecule has 26 heavy (non-hydrogen) atoms. The average Bonchev–Trinajstić information content (AvgIpc) is 3.00. The smallest absolute Gasteiger partial charge is 0.244 e. The van der Waals surface area contributed by atoms with Crippen molar-refractivity contribution in [1.29, 1.82) is 0 Å². The lowest BCUT2D eigenvalue weighted by Gasteiger charge is -2.00. The number of aryl methyl sites for hydroxylation is 1. The Balaban J connectivity index is 1.64. The number of carbonyl (C=O) groups excluding carboxylic acids is 1. The predicted octanol–water partition coefficient (Wildman–Crippen LogP) is 5.24. The van der Waals surface area contributed by atoms with Crippen molar-refractivity contribution in [2.45, 2.75) is 13.5 Å². The topological polar surface area (TPSA) is 42.0 Å². The number of hydrogen-bond acceptors (Lipinski definition) is 3. The van der Waals surface area contributed by atoms with E-state index in [2.05, 4.69) is 10.3 Å². The minimum atomic E-state index is -0.304. The third-order valence-electron chi connectivity index (χ3n) is 3.72. The number of thiazole rings is 1. The molecule has 3 aromatic rings. The SMILES string of the molecule is Cc1nc(-c2ccccc2Cl)sc1CNC(=O)/C=C/c1ccc(F)cc1. The van der Waals surface area contributed by atoms with Gasteiger partial charge in [0.2, 0.25) is 5.91 Å². The lowest BCUT2D eigenvalue weighted by molar-refractivity contribution is -0.116. The molecule has 3 nitrogen and oxygen atoms in total. The van der Waals surface area contributed by atoms with Gasteiger partial charge in [-0.15, -0.1) is 11.3 Å². The third kappa shape index (κ3) is 4.56. The molecule has 1 aromatic heterocycles. The summed E-state index contributed by atoms with van der Waals surface area (Å²) >= 11 is 7.73. The maximum absolute atomic E-state index is 12.9. The molecule has 0 atom stereocenters. The highest BCUT2D eigenvalue weighted by molar-refractivity contribution is 7.15. The molecule has 1 N–H and O–H groups in total. The Morgan fingerprint density at radius 2 is 1.96 bits per heavy atom.